The summed E-state index contributed by atoms with van der Waals surface area (Å²) in [5.41, 5.74) is 18.2. The van der Waals surface area contributed by atoms with Crippen LogP contribution in [0.4, 0.5) is 0 Å². The summed E-state index contributed by atoms with van der Waals surface area (Å²) < 4.78 is 12.1. The fourth-order valence-electron chi connectivity index (χ4n) is 11.3. The fraction of sp³-hybridized carbons (Fsp3) is 0.0290. The van der Waals surface area contributed by atoms with E-state index in [2.05, 4.69) is 252 Å². The van der Waals surface area contributed by atoms with Gasteiger partial charge in [-0.05, 0) is 108 Å². The van der Waals surface area contributed by atoms with Crippen molar-refractivity contribution in [1.82, 2.24) is 9.13 Å². The number of para-hydroxylation sites is 3. The fourth-order valence-corrected chi connectivity index (χ4v) is 11.3. The highest BCUT2D eigenvalue weighted by molar-refractivity contribution is 6.24. The van der Waals surface area contributed by atoms with Crippen molar-refractivity contribution >= 4 is 104 Å². The van der Waals surface area contributed by atoms with Gasteiger partial charge in [-0.1, -0.05) is 182 Å². The van der Waals surface area contributed by atoms with Crippen molar-refractivity contribution in [3.05, 3.63) is 265 Å². The van der Waals surface area contributed by atoms with Crippen LogP contribution in [-0.4, -0.2) is 20.7 Å². The minimum Gasteiger partial charge on any atom is -0.455 e. The Hall–Kier alpha value is -9.80. The number of hydrogen-bond donors (Lipinski definition) is 0. The Morgan fingerprint density at radius 1 is 0.432 bits per heavy atom. The zero-order valence-electron chi connectivity index (χ0n) is 40.8. The molecule has 0 radical (unpaired) electrons. The van der Waals surface area contributed by atoms with Crippen LogP contribution >= 0.6 is 0 Å². The summed E-state index contributed by atoms with van der Waals surface area (Å²) in [6.07, 6.45) is 1.93. The summed E-state index contributed by atoms with van der Waals surface area (Å²) >= 11 is 0. The Morgan fingerprint density at radius 2 is 1.07 bits per heavy atom. The quantitative estimate of drug-likeness (QED) is 0.0892. The molecule has 0 aliphatic heterocycles. The third kappa shape index (κ3) is 6.94. The Bertz CT molecular complexity index is 4690. The highest BCUT2D eigenvalue weighted by Crippen LogP contribution is 2.44. The topological polar surface area (TPSA) is 47.7 Å². The van der Waals surface area contributed by atoms with E-state index in [9.17, 15) is 0 Å². The van der Waals surface area contributed by atoms with Gasteiger partial charge in [0.1, 0.15) is 16.9 Å². The Morgan fingerprint density at radius 3 is 1.84 bits per heavy atom. The van der Waals surface area contributed by atoms with E-state index in [4.69, 9.17) is 14.4 Å². The Kier molecular flexibility index (Phi) is 10.2. The van der Waals surface area contributed by atoms with Crippen LogP contribution in [-0.2, 0) is 0 Å². The maximum absolute atomic E-state index is 7.29. The number of hydrogen-bond acceptors (Lipinski definition) is 2. The van der Waals surface area contributed by atoms with Gasteiger partial charge in [-0.15, -0.1) is 0 Å². The highest BCUT2D eigenvalue weighted by Gasteiger charge is 2.24. The van der Waals surface area contributed by atoms with Crippen LogP contribution in [0.1, 0.15) is 30.5 Å². The van der Waals surface area contributed by atoms with Gasteiger partial charge in [0.15, 0.2) is 5.84 Å². The molecule has 3 aromatic heterocycles. The minimum atomic E-state index is 0.559. The van der Waals surface area contributed by atoms with Crippen molar-refractivity contribution in [3.8, 4) is 22.5 Å². The van der Waals surface area contributed by atoms with E-state index in [1.165, 1.54) is 21.5 Å². The van der Waals surface area contributed by atoms with Crippen LogP contribution in [0.25, 0.3) is 115 Å². The van der Waals surface area contributed by atoms with Gasteiger partial charge in [-0.2, -0.15) is 0 Å². The molecule has 0 spiro atoms. The van der Waals surface area contributed by atoms with Gasteiger partial charge in [0.25, 0.3) is 0 Å². The molecule has 0 N–H and O–H groups in total. The van der Waals surface area contributed by atoms with Gasteiger partial charge in [-0.25, -0.2) is 9.98 Å². The van der Waals surface area contributed by atoms with E-state index in [1.54, 1.807) is 0 Å². The molecule has 5 heteroatoms. The number of furan rings is 1. The lowest BCUT2D eigenvalue weighted by molar-refractivity contribution is 0.671. The van der Waals surface area contributed by atoms with Crippen LogP contribution in [0.2, 0.25) is 0 Å². The third-order valence-corrected chi connectivity index (χ3v) is 14.6. The molecule has 348 valence electrons. The van der Waals surface area contributed by atoms with Crippen LogP contribution in [0.5, 0.6) is 0 Å². The van der Waals surface area contributed by atoms with E-state index < -0.39 is 0 Å². The maximum atomic E-state index is 7.29. The molecule has 5 nitrogen and oxygen atoms in total. The van der Waals surface area contributed by atoms with Crippen LogP contribution < -0.4 is 0 Å². The molecule has 3 heterocycles. The lowest BCUT2D eigenvalue weighted by Gasteiger charge is -2.13. The third-order valence-electron chi connectivity index (χ3n) is 14.6. The summed E-state index contributed by atoms with van der Waals surface area (Å²) in [5, 5.41) is 11.3. The van der Waals surface area contributed by atoms with Gasteiger partial charge in [0, 0.05) is 54.8 Å². The van der Waals surface area contributed by atoms with E-state index in [1.807, 2.05) is 19.1 Å². The monoisotopic (exact) mass is 946 g/mol. The normalized spacial score (nSPS) is 12.3. The largest absolute Gasteiger partial charge is 0.455 e. The first kappa shape index (κ1) is 43.0. The van der Waals surface area contributed by atoms with Crippen molar-refractivity contribution in [3.63, 3.8) is 0 Å². The van der Waals surface area contributed by atoms with Gasteiger partial charge in [0.2, 0.25) is 0 Å². The summed E-state index contributed by atoms with van der Waals surface area (Å²) in [6.45, 7) is 4.09. The maximum Gasteiger partial charge on any atom is 0.160 e. The van der Waals surface area contributed by atoms with Crippen molar-refractivity contribution in [1.29, 1.82) is 0 Å². The molecule has 0 amide bonds. The average molecular weight is 947 g/mol. The standard InChI is InChI=1S/C69H46N4O/c1-3-19-59(55-40-41-63(66-57-39-38-47-22-12-13-27-53(47)67(57)74-68(55)66)73-60-31-16-14-28-54(60)58-42-49-23-10-11-24-50(49)43-64(58)73)71-69(48-36-34-46(35-37-48)45-20-6-4-7-21-45)70-44(2)52-30-18-33-62-65(52)56-29-15-17-32-61(56)72(62)51-25-8-5-9-26-51/h3-18,20-43H,1-2H3. The molecule has 0 aliphatic rings. The Balaban J connectivity index is 1.02. The first-order chi connectivity index (χ1) is 36.6. The second kappa shape index (κ2) is 17.5. The zero-order chi connectivity index (χ0) is 49.3. The number of amidine groups is 1. The van der Waals surface area contributed by atoms with Gasteiger partial charge < -0.3 is 13.6 Å². The molecule has 74 heavy (non-hydrogen) atoms. The number of allylic oxidation sites excluding steroid dienone is 1. The summed E-state index contributed by atoms with van der Waals surface area (Å²) in [7, 11) is 0. The van der Waals surface area contributed by atoms with Crippen molar-refractivity contribution in [2.24, 2.45) is 9.98 Å². The van der Waals surface area contributed by atoms with Gasteiger partial charge in [0.05, 0.1) is 38.7 Å². The first-order valence-corrected chi connectivity index (χ1v) is 25.2. The first-order valence-electron chi connectivity index (χ1n) is 25.2. The molecule has 0 unspecified atom stereocenters. The molecule has 0 atom stereocenters. The summed E-state index contributed by atoms with van der Waals surface area (Å²) in [5.74, 6) is 0.559. The number of fused-ring (bicyclic) bond motifs is 12. The Labute approximate surface area is 427 Å². The van der Waals surface area contributed by atoms with Crippen molar-refractivity contribution in [2.75, 3.05) is 0 Å². The molecule has 0 bridgehead atoms. The average Bonchev–Trinajstić information content (AvgIpc) is 4.13. The van der Waals surface area contributed by atoms with Crippen molar-refractivity contribution < 1.29 is 4.42 Å². The van der Waals surface area contributed by atoms with Crippen LogP contribution in [0.15, 0.2) is 263 Å². The number of aliphatic imine (C=N–C) groups is 2. The number of nitrogens with zero attached hydrogens (tertiary/aromatic N) is 4. The lowest BCUT2D eigenvalue weighted by Crippen LogP contribution is -2.05. The number of aromatic nitrogens is 2. The smallest absolute Gasteiger partial charge is 0.160 e. The molecule has 14 aromatic rings. The molecule has 0 aliphatic carbocycles. The predicted molar refractivity (Wildman–Crippen MR) is 312 cm³/mol. The van der Waals surface area contributed by atoms with E-state index in [0.29, 0.717) is 11.5 Å². The SMILES string of the molecule is CC=C=C(N=C(N=C(C)c1cccc2c1c1ccccc1n2-c1ccccc1)c1ccc(-c2ccccc2)cc1)c1ccc(-n2c3ccccc3c3cc4ccccc4cc32)c2c1oc1c3ccccc3ccc12. The predicted octanol–water partition coefficient (Wildman–Crippen LogP) is 18.2. The van der Waals surface area contributed by atoms with Gasteiger partial charge in [-0.3, -0.25) is 0 Å². The minimum absolute atomic E-state index is 0.559. The molecule has 0 saturated heterocycles. The number of rotatable bonds is 7. The molecule has 11 aromatic carbocycles. The lowest BCUT2D eigenvalue weighted by atomic mass is 10.0. The summed E-state index contributed by atoms with van der Waals surface area (Å²) in [6, 6.07) is 84.0. The molecule has 14 rings (SSSR count). The van der Waals surface area contributed by atoms with Crippen molar-refractivity contribution in [2.45, 2.75) is 13.8 Å². The van der Waals surface area contributed by atoms with E-state index in [0.717, 1.165) is 110 Å². The van der Waals surface area contributed by atoms with E-state index in [-0.39, 0.29) is 0 Å². The molecule has 0 fully saturated rings. The number of benzene rings is 11. The van der Waals surface area contributed by atoms with E-state index >= 15 is 0 Å². The van der Waals surface area contributed by atoms with Crippen LogP contribution in [0.3, 0.4) is 0 Å². The molecule has 0 saturated carbocycles. The second-order valence-electron chi connectivity index (χ2n) is 18.9. The zero-order valence-corrected chi connectivity index (χ0v) is 40.8. The summed E-state index contributed by atoms with van der Waals surface area (Å²) in [4.78, 5) is 11.2. The second-order valence-corrected chi connectivity index (χ2v) is 18.9. The highest BCUT2D eigenvalue weighted by atomic mass is 16.3. The van der Waals surface area contributed by atoms with Gasteiger partial charge >= 0.3 is 0 Å². The molecular weight excluding hydrogens is 901 g/mol. The van der Waals surface area contributed by atoms with Crippen LogP contribution in [0, 0.1) is 0 Å². The molecular formula is C69H46N4O.